The summed E-state index contributed by atoms with van der Waals surface area (Å²) in [5.74, 6) is 0.231. The predicted octanol–water partition coefficient (Wildman–Crippen LogP) is 0.339. The van der Waals surface area contributed by atoms with Gasteiger partial charge in [0, 0.05) is 25.0 Å². The van der Waals surface area contributed by atoms with Crippen molar-refractivity contribution in [1.82, 2.24) is 15.5 Å². The number of hydrogen-bond donors (Lipinski definition) is 2. The lowest BCUT2D eigenvalue weighted by atomic mass is 10.1. The van der Waals surface area contributed by atoms with Crippen LogP contribution in [0.3, 0.4) is 0 Å². The SMILES string of the molecule is CNCCCC(=O)NC1CCN2CCCC12. The van der Waals surface area contributed by atoms with E-state index in [9.17, 15) is 4.79 Å². The third kappa shape index (κ3) is 2.74. The molecule has 0 aliphatic carbocycles. The minimum atomic E-state index is 0.231. The van der Waals surface area contributed by atoms with Gasteiger partial charge < -0.3 is 10.6 Å². The zero-order chi connectivity index (χ0) is 11.4. The minimum absolute atomic E-state index is 0.231. The van der Waals surface area contributed by atoms with Gasteiger partial charge in [-0.25, -0.2) is 0 Å². The Labute approximate surface area is 97.8 Å². The molecule has 92 valence electrons. The van der Waals surface area contributed by atoms with Crippen molar-refractivity contribution in [3.8, 4) is 0 Å². The Morgan fingerprint density at radius 3 is 3.06 bits per heavy atom. The molecule has 2 heterocycles. The van der Waals surface area contributed by atoms with Crippen LogP contribution >= 0.6 is 0 Å². The fourth-order valence-electron chi connectivity index (χ4n) is 2.96. The van der Waals surface area contributed by atoms with E-state index in [-0.39, 0.29) is 5.91 Å². The van der Waals surface area contributed by atoms with E-state index in [0.717, 1.165) is 19.4 Å². The highest BCUT2D eigenvalue weighted by molar-refractivity contribution is 5.76. The van der Waals surface area contributed by atoms with Crippen molar-refractivity contribution in [2.45, 2.75) is 44.2 Å². The van der Waals surface area contributed by atoms with Crippen LogP contribution in [0.25, 0.3) is 0 Å². The number of carbonyl (C=O) groups excluding carboxylic acids is 1. The van der Waals surface area contributed by atoms with Gasteiger partial charge in [-0.3, -0.25) is 9.69 Å². The van der Waals surface area contributed by atoms with Crippen LogP contribution in [0.1, 0.15) is 32.1 Å². The summed E-state index contributed by atoms with van der Waals surface area (Å²) < 4.78 is 0. The molecule has 4 nitrogen and oxygen atoms in total. The Hall–Kier alpha value is -0.610. The third-order valence-electron chi connectivity index (χ3n) is 3.78. The lowest BCUT2D eigenvalue weighted by Crippen LogP contribution is -2.42. The van der Waals surface area contributed by atoms with Crippen molar-refractivity contribution in [3.63, 3.8) is 0 Å². The highest BCUT2D eigenvalue weighted by atomic mass is 16.1. The van der Waals surface area contributed by atoms with E-state index in [4.69, 9.17) is 0 Å². The Morgan fingerprint density at radius 1 is 1.38 bits per heavy atom. The molecule has 0 aromatic carbocycles. The number of fused-ring (bicyclic) bond motifs is 1. The zero-order valence-corrected chi connectivity index (χ0v) is 10.2. The monoisotopic (exact) mass is 225 g/mol. The first-order valence-electron chi connectivity index (χ1n) is 6.49. The maximum Gasteiger partial charge on any atom is 0.220 e. The topological polar surface area (TPSA) is 44.4 Å². The maximum absolute atomic E-state index is 11.7. The number of nitrogens with one attached hydrogen (secondary N) is 2. The van der Waals surface area contributed by atoms with Gasteiger partial charge in [0.1, 0.15) is 0 Å². The van der Waals surface area contributed by atoms with Gasteiger partial charge >= 0.3 is 0 Å². The molecule has 0 aromatic heterocycles. The average Bonchev–Trinajstić information content (AvgIpc) is 2.83. The summed E-state index contributed by atoms with van der Waals surface area (Å²) in [6, 6.07) is 1.05. The molecule has 2 N–H and O–H groups in total. The van der Waals surface area contributed by atoms with Crippen LogP contribution in [-0.2, 0) is 4.79 Å². The van der Waals surface area contributed by atoms with Crippen molar-refractivity contribution in [3.05, 3.63) is 0 Å². The summed E-state index contributed by atoms with van der Waals surface area (Å²) in [5.41, 5.74) is 0. The molecular weight excluding hydrogens is 202 g/mol. The highest BCUT2D eigenvalue weighted by Crippen LogP contribution is 2.27. The third-order valence-corrected chi connectivity index (χ3v) is 3.78. The molecule has 2 unspecified atom stereocenters. The predicted molar refractivity (Wildman–Crippen MR) is 64.3 cm³/mol. The lowest BCUT2D eigenvalue weighted by molar-refractivity contribution is -0.122. The van der Waals surface area contributed by atoms with Crippen LogP contribution in [0.5, 0.6) is 0 Å². The number of carbonyl (C=O) groups is 1. The molecule has 2 fully saturated rings. The molecule has 4 heteroatoms. The smallest absolute Gasteiger partial charge is 0.220 e. The number of rotatable bonds is 5. The molecule has 0 bridgehead atoms. The van der Waals surface area contributed by atoms with Crippen LogP contribution in [0, 0.1) is 0 Å². The highest BCUT2D eigenvalue weighted by Gasteiger charge is 2.37. The molecule has 2 aliphatic rings. The largest absolute Gasteiger partial charge is 0.352 e. The molecule has 0 radical (unpaired) electrons. The van der Waals surface area contributed by atoms with Crippen LogP contribution in [0.15, 0.2) is 0 Å². The van der Waals surface area contributed by atoms with Gasteiger partial charge in [0.2, 0.25) is 5.91 Å². The molecule has 2 rings (SSSR count). The summed E-state index contributed by atoms with van der Waals surface area (Å²) in [6.45, 7) is 3.33. The second-order valence-electron chi connectivity index (χ2n) is 4.92. The Balaban J connectivity index is 1.70. The maximum atomic E-state index is 11.7. The second-order valence-corrected chi connectivity index (χ2v) is 4.92. The van der Waals surface area contributed by atoms with Crippen LogP contribution in [-0.4, -0.2) is 49.6 Å². The van der Waals surface area contributed by atoms with Gasteiger partial charge in [-0.15, -0.1) is 0 Å². The minimum Gasteiger partial charge on any atom is -0.352 e. The molecule has 16 heavy (non-hydrogen) atoms. The fraction of sp³-hybridized carbons (Fsp3) is 0.917. The Kier molecular flexibility index (Phi) is 4.18. The normalized spacial score (nSPS) is 29.3. The summed E-state index contributed by atoms with van der Waals surface area (Å²) in [4.78, 5) is 14.2. The first-order valence-corrected chi connectivity index (χ1v) is 6.49. The van der Waals surface area contributed by atoms with Crippen LogP contribution in [0.4, 0.5) is 0 Å². The van der Waals surface area contributed by atoms with Gasteiger partial charge in [0.05, 0.1) is 0 Å². The summed E-state index contributed by atoms with van der Waals surface area (Å²) in [6.07, 6.45) is 5.30. The molecule has 0 saturated carbocycles. The van der Waals surface area contributed by atoms with Gasteiger partial charge in [-0.05, 0) is 45.8 Å². The first kappa shape index (κ1) is 11.9. The van der Waals surface area contributed by atoms with E-state index in [1.165, 1.54) is 25.9 Å². The average molecular weight is 225 g/mol. The fourth-order valence-corrected chi connectivity index (χ4v) is 2.96. The Bertz CT molecular complexity index is 244. The molecule has 0 spiro atoms. The van der Waals surface area contributed by atoms with Gasteiger partial charge in [0.25, 0.3) is 0 Å². The van der Waals surface area contributed by atoms with Crippen molar-refractivity contribution >= 4 is 5.91 Å². The summed E-state index contributed by atoms with van der Waals surface area (Å²) in [7, 11) is 1.92. The van der Waals surface area contributed by atoms with Crippen LogP contribution in [0.2, 0.25) is 0 Å². The van der Waals surface area contributed by atoms with Crippen molar-refractivity contribution in [2.24, 2.45) is 0 Å². The standard InChI is InChI=1S/C12H23N3O/c1-13-7-2-5-12(16)14-10-6-9-15-8-3-4-11(10)15/h10-11,13H,2-9H2,1H3,(H,14,16). The van der Waals surface area contributed by atoms with E-state index in [2.05, 4.69) is 15.5 Å². The molecular formula is C12H23N3O. The molecule has 2 atom stereocenters. The van der Waals surface area contributed by atoms with E-state index in [1.54, 1.807) is 0 Å². The van der Waals surface area contributed by atoms with E-state index < -0.39 is 0 Å². The van der Waals surface area contributed by atoms with E-state index >= 15 is 0 Å². The first-order chi connectivity index (χ1) is 7.81. The zero-order valence-electron chi connectivity index (χ0n) is 10.2. The molecule has 2 saturated heterocycles. The molecule has 1 amide bonds. The van der Waals surface area contributed by atoms with Crippen molar-refractivity contribution in [1.29, 1.82) is 0 Å². The number of amides is 1. The molecule has 0 aromatic rings. The quantitative estimate of drug-likeness (QED) is 0.663. The summed E-state index contributed by atoms with van der Waals surface area (Å²) in [5, 5.41) is 6.27. The van der Waals surface area contributed by atoms with Gasteiger partial charge in [-0.1, -0.05) is 0 Å². The summed E-state index contributed by atoms with van der Waals surface area (Å²) >= 11 is 0. The molecule has 2 aliphatic heterocycles. The van der Waals surface area contributed by atoms with E-state index in [1.807, 2.05) is 7.05 Å². The lowest BCUT2D eigenvalue weighted by Gasteiger charge is -2.21. The van der Waals surface area contributed by atoms with Crippen molar-refractivity contribution < 1.29 is 4.79 Å². The van der Waals surface area contributed by atoms with Gasteiger partial charge in [0.15, 0.2) is 0 Å². The van der Waals surface area contributed by atoms with E-state index in [0.29, 0.717) is 18.5 Å². The van der Waals surface area contributed by atoms with Gasteiger partial charge in [-0.2, -0.15) is 0 Å². The second kappa shape index (κ2) is 5.64. The number of nitrogens with zero attached hydrogens (tertiary/aromatic N) is 1. The Morgan fingerprint density at radius 2 is 2.25 bits per heavy atom. The van der Waals surface area contributed by atoms with Crippen LogP contribution < -0.4 is 10.6 Å². The van der Waals surface area contributed by atoms with Crippen molar-refractivity contribution in [2.75, 3.05) is 26.7 Å². The number of hydrogen-bond acceptors (Lipinski definition) is 3.